The third kappa shape index (κ3) is 4.81. The van der Waals surface area contributed by atoms with E-state index in [0.717, 1.165) is 24.9 Å². The summed E-state index contributed by atoms with van der Waals surface area (Å²) >= 11 is 0. The van der Waals surface area contributed by atoms with Crippen LogP contribution in [0, 0.1) is 17.2 Å². The van der Waals surface area contributed by atoms with E-state index in [1.54, 1.807) is 12.4 Å². The monoisotopic (exact) mass is 301 g/mol. The van der Waals surface area contributed by atoms with Crippen molar-refractivity contribution in [3.63, 3.8) is 0 Å². The zero-order valence-electron chi connectivity index (χ0n) is 15.0. The average molecular weight is 301 g/mol. The smallest absolute Gasteiger partial charge is 0.0838 e. The molecule has 3 nitrogen and oxygen atoms in total. The van der Waals surface area contributed by atoms with Crippen LogP contribution in [0.2, 0.25) is 0 Å². The van der Waals surface area contributed by atoms with E-state index in [1.807, 2.05) is 12.1 Å². The Bertz CT molecular complexity index is 465. The highest BCUT2D eigenvalue weighted by atomic mass is 15.2. The van der Waals surface area contributed by atoms with Crippen LogP contribution >= 0.6 is 0 Å². The van der Waals surface area contributed by atoms with E-state index in [9.17, 15) is 5.26 Å². The molecule has 0 amide bonds. The lowest BCUT2D eigenvalue weighted by molar-refractivity contribution is 0.159. The molecule has 1 rings (SSSR count). The quantitative estimate of drug-likeness (QED) is 0.714. The molecule has 1 heterocycles. The lowest BCUT2D eigenvalue weighted by Gasteiger charge is -2.35. The molecule has 0 aliphatic rings. The Morgan fingerprint density at radius 2 is 1.64 bits per heavy atom. The number of rotatable bonds is 8. The van der Waals surface area contributed by atoms with Gasteiger partial charge < -0.3 is 0 Å². The lowest BCUT2D eigenvalue weighted by Crippen LogP contribution is -2.41. The molecule has 0 radical (unpaired) electrons. The first kappa shape index (κ1) is 18.6. The Kier molecular flexibility index (Phi) is 7.03. The van der Waals surface area contributed by atoms with E-state index >= 15 is 0 Å². The normalized spacial score (nSPS) is 14.6. The van der Waals surface area contributed by atoms with Gasteiger partial charge in [0, 0.05) is 31.0 Å². The van der Waals surface area contributed by atoms with Crippen LogP contribution in [0.3, 0.4) is 0 Å². The highest BCUT2D eigenvalue weighted by Crippen LogP contribution is 2.34. The molecule has 0 saturated heterocycles. The number of nitriles is 1. The SMILES string of the molecule is CC(C)C[C@](C#N)(CCN(C(C)C)C(C)C)c1ccncc1. The molecule has 0 bridgehead atoms. The molecule has 1 atom stereocenters. The van der Waals surface area contributed by atoms with Gasteiger partial charge in [-0.3, -0.25) is 9.88 Å². The summed E-state index contributed by atoms with van der Waals surface area (Å²) in [6.07, 6.45) is 5.34. The summed E-state index contributed by atoms with van der Waals surface area (Å²) in [5.74, 6) is 0.486. The van der Waals surface area contributed by atoms with Crippen LogP contribution in [0.5, 0.6) is 0 Å². The van der Waals surface area contributed by atoms with E-state index in [-0.39, 0.29) is 0 Å². The van der Waals surface area contributed by atoms with Crippen LogP contribution in [0.25, 0.3) is 0 Å². The minimum Gasteiger partial charge on any atom is -0.298 e. The number of aromatic nitrogens is 1. The van der Waals surface area contributed by atoms with Crippen LogP contribution in [-0.2, 0) is 5.41 Å². The maximum absolute atomic E-state index is 9.98. The van der Waals surface area contributed by atoms with Crippen LogP contribution < -0.4 is 0 Å². The summed E-state index contributed by atoms with van der Waals surface area (Å²) in [5.41, 5.74) is 0.685. The van der Waals surface area contributed by atoms with Crippen molar-refractivity contribution in [2.24, 2.45) is 5.92 Å². The molecular weight excluding hydrogens is 270 g/mol. The molecule has 0 aromatic carbocycles. The van der Waals surface area contributed by atoms with Crippen molar-refractivity contribution < 1.29 is 0 Å². The van der Waals surface area contributed by atoms with E-state index < -0.39 is 5.41 Å². The van der Waals surface area contributed by atoms with Gasteiger partial charge in [0.25, 0.3) is 0 Å². The highest BCUT2D eigenvalue weighted by molar-refractivity contribution is 5.31. The van der Waals surface area contributed by atoms with Crippen LogP contribution in [0.15, 0.2) is 24.5 Å². The Hall–Kier alpha value is -1.40. The van der Waals surface area contributed by atoms with E-state index in [4.69, 9.17) is 0 Å². The molecule has 22 heavy (non-hydrogen) atoms. The number of hydrogen-bond acceptors (Lipinski definition) is 3. The second-order valence-electron chi connectivity index (χ2n) is 7.20. The van der Waals surface area contributed by atoms with Gasteiger partial charge in [0.05, 0.1) is 11.5 Å². The predicted octanol–water partition coefficient (Wildman–Crippen LogP) is 4.40. The van der Waals surface area contributed by atoms with Crippen molar-refractivity contribution in [3.8, 4) is 6.07 Å². The Morgan fingerprint density at radius 3 is 2.05 bits per heavy atom. The Balaban J connectivity index is 3.04. The van der Waals surface area contributed by atoms with Gasteiger partial charge in [0.1, 0.15) is 0 Å². The van der Waals surface area contributed by atoms with Crippen molar-refractivity contribution in [1.82, 2.24) is 9.88 Å². The predicted molar refractivity (Wildman–Crippen MR) is 92.6 cm³/mol. The molecule has 1 aromatic heterocycles. The van der Waals surface area contributed by atoms with Gasteiger partial charge in [-0.1, -0.05) is 13.8 Å². The molecule has 0 spiro atoms. The lowest BCUT2D eigenvalue weighted by atomic mass is 9.73. The topological polar surface area (TPSA) is 39.9 Å². The molecule has 0 N–H and O–H groups in total. The summed E-state index contributed by atoms with van der Waals surface area (Å²) < 4.78 is 0. The number of hydrogen-bond donors (Lipinski definition) is 0. The molecule has 0 aliphatic carbocycles. The molecule has 0 unspecified atom stereocenters. The zero-order valence-corrected chi connectivity index (χ0v) is 15.0. The third-order valence-corrected chi connectivity index (χ3v) is 4.33. The first-order valence-electron chi connectivity index (χ1n) is 8.40. The molecule has 0 aliphatic heterocycles. The maximum atomic E-state index is 9.98. The molecule has 3 heteroatoms. The van der Waals surface area contributed by atoms with Gasteiger partial charge in [-0.05, 0) is 64.2 Å². The summed E-state index contributed by atoms with van der Waals surface area (Å²) in [4.78, 5) is 6.57. The maximum Gasteiger partial charge on any atom is 0.0838 e. The minimum atomic E-state index is -0.418. The fraction of sp³-hybridized carbons (Fsp3) is 0.684. The van der Waals surface area contributed by atoms with Crippen LogP contribution in [0.4, 0.5) is 0 Å². The average Bonchev–Trinajstić information content (AvgIpc) is 2.46. The van der Waals surface area contributed by atoms with Crippen LogP contribution in [-0.4, -0.2) is 28.5 Å². The summed E-state index contributed by atoms with van der Waals surface area (Å²) in [6, 6.07) is 7.63. The van der Waals surface area contributed by atoms with Gasteiger partial charge in [-0.2, -0.15) is 5.26 Å². The first-order valence-corrected chi connectivity index (χ1v) is 8.40. The van der Waals surface area contributed by atoms with Gasteiger partial charge in [0.2, 0.25) is 0 Å². The van der Waals surface area contributed by atoms with E-state index in [2.05, 4.69) is 57.5 Å². The molecule has 1 aromatic rings. The third-order valence-electron chi connectivity index (χ3n) is 4.33. The number of nitrogens with zero attached hydrogens (tertiary/aromatic N) is 3. The van der Waals surface area contributed by atoms with E-state index in [1.165, 1.54) is 0 Å². The summed E-state index contributed by atoms with van der Waals surface area (Å²) in [7, 11) is 0. The fourth-order valence-corrected chi connectivity index (χ4v) is 3.33. The molecule has 0 fully saturated rings. The van der Waals surface area contributed by atoms with Crippen molar-refractivity contribution >= 4 is 0 Å². The van der Waals surface area contributed by atoms with Crippen LogP contribution in [0.1, 0.15) is 59.9 Å². The van der Waals surface area contributed by atoms with Gasteiger partial charge in [-0.15, -0.1) is 0 Å². The molecule has 0 saturated carbocycles. The molecular formula is C19H31N3. The largest absolute Gasteiger partial charge is 0.298 e. The summed E-state index contributed by atoms with van der Waals surface area (Å²) in [6.45, 7) is 14.2. The van der Waals surface area contributed by atoms with Crippen molar-refractivity contribution in [3.05, 3.63) is 30.1 Å². The fourth-order valence-electron chi connectivity index (χ4n) is 3.33. The zero-order chi connectivity index (χ0) is 16.8. The minimum absolute atomic E-state index is 0.418. The number of pyridine rings is 1. The summed E-state index contributed by atoms with van der Waals surface area (Å²) in [5, 5.41) is 9.98. The van der Waals surface area contributed by atoms with Crippen molar-refractivity contribution in [2.75, 3.05) is 6.54 Å². The first-order chi connectivity index (χ1) is 10.3. The van der Waals surface area contributed by atoms with Crippen molar-refractivity contribution in [2.45, 2.75) is 71.9 Å². The van der Waals surface area contributed by atoms with Gasteiger partial charge in [0.15, 0.2) is 0 Å². The standard InChI is InChI=1S/C19H31N3/c1-15(2)13-19(14-20,18-7-10-21-11-8-18)9-12-22(16(3)4)17(5)6/h7-8,10-11,15-17H,9,12-13H2,1-6H3/t19-/m0/s1. The van der Waals surface area contributed by atoms with Gasteiger partial charge in [-0.25, -0.2) is 0 Å². The Morgan fingerprint density at radius 1 is 1.09 bits per heavy atom. The van der Waals surface area contributed by atoms with Gasteiger partial charge >= 0.3 is 0 Å². The molecule has 122 valence electrons. The van der Waals surface area contributed by atoms with Crippen molar-refractivity contribution in [1.29, 1.82) is 5.26 Å². The second-order valence-corrected chi connectivity index (χ2v) is 7.20. The second kappa shape index (κ2) is 8.29. The Labute approximate surface area is 136 Å². The highest BCUT2D eigenvalue weighted by Gasteiger charge is 2.34. The van der Waals surface area contributed by atoms with E-state index in [0.29, 0.717) is 18.0 Å².